The van der Waals surface area contributed by atoms with E-state index in [0.717, 1.165) is 23.8 Å². The summed E-state index contributed by atoms with van der Waals surface area (Å²) >= 11 is 1.24. The summed E-state index contributed by atoms with van der Waals surface area (Å²) in [5.74, 6) is 0. The summed E-state index contributed by atoms with van der Waals surface area (Å²) in [4.78, 5) is 20.8. The van der Waals surface area contributed by atoms with Crippen LogP contribution in [-0.4, -0.2) is 30.9 Å². The van der Waals surface area contributed by atoms with Crippen molar-refractivity contribution in [1.29, 1.82) is 0 Å². The summed E-state index contributed by atoms with van der Waals surface area (Å²) in [5, 5.41) is 3.65. The predicted octanol–water partition coefficient (Wildman–Crippen LogP) is 3.47. The molecule has 1 N–H and O–H groups in total. The van der Waals surface area contributed by atoms with Gasteiger partial charge < -0.3 is 5.32 Å². The molecule has 0 atom stereocenters. The third-order valence-electron chi connectivity index (χ3n) is 3.46. The fraction of sp³-hybridized carbons (Fsp3) is 0.118. The molecule has 1 aromatic carbocycles. The number of thiazole rings is 1. The molecule has 0 fully saturated rings. The van der Waals surface area contributed by atoms with Gasteiger partial charge in [0.05, 0.1) is 15.5 Å². The number of carbonyl (C=O) groups excluding carboxylic acids is 1. The van der Waals surface area contributed by atoms with E-state index >= 15 is 0 Å². The average Bonchev–Trinajstić information content (AvgIpc) is 2.97. The first-order valence-electron chi connectivity index (χ1n) is 7.33. The second kappa shape index (κ2) is 6.73. The molecule has 0 radical (unpaired) electrons. The summed E-state index contributed by atoms with van der Waals surface area (Å²) in [5.41, 5.74) is 2.95. The van der Waals surface area contributed by atoms with E-state index in [-0.39, 0.29) is 4.90 Å². The number of aryl methyl sites for hydroxylation is 1. The topological polar surface area (TPSA) is 89.0 Å². The Kier molecular flexibility index (Phi) is 4.65. The van der Waals surface area contributed by atoms with Crippen LogP contribution in [0.2, 0.25) is 0 Å². The highest BCUT2D eigenvalue weighted by Crippen LogP contribution is 2.31. The van der Waals surface area contributed by atoms with Crippen molar-refractivity contribution in [1.82, 2.24) is 9.97 Å². The number of aromatic nitrogens is 2. The fourth-order valence-corrected chi connectivity index (χ4v) is 3.73. The van der Waals surface area contributed by atoms with E-state index in [9.17, 15) is 13.2 Å². The summed E-state index contributed by atoms with van der Waals surface area (Å²) in [6.45, 7) is 1.87. The Morgan fingerprint density at radius 2 is 1.88 bits per heavy atom. The number of nitrogens with zero attached hydrogens (tertiary/aromatic N) is 2. The van der Waals surface area contributed by atoms with Crippen LogP contribution in [0.3, 0.4) is 0 Å². The van der Waals surface area contributed by atoms with E-state index in [4.69, 9.17) is 0 Å². The highest BCUT2D eigenvalue weighted by Gasteiger charge is 2.13. The van der Waals surface area contributed by atoms with Gasteiger partial charge in [-0.3, -0.25) is 9.78 Å². The number of anilines is 2. The quantitative estimate of drug-likeness (QED) is 0.689. The molecule has 0 saturated carbocycles. The Labute approximate surface area is 149 Å². The summed E-state index contributed by atoms with van der Waals surface area (Å²) in [7, 11) is -3.23. The van der Waals surface area contributed by atoms with Gasteiger partial charge in [-0.15, -0.1) is 0 Å². The molecule has 8 heteroatoms. The minimum atomic E-state index is -3.23. The van der Waals surface area contributed by atoms with Crippen molar-refractivity contribution in [2.45, 2.75) is 11.8 Å². The van der Waals surface area contributed by atoms with Crippen molar-refractivity contribution >= 4 is 38.3 Å². The zero-order valence-electron chi connectivity index (χ0n) is 13.6. The Morgan fingerprint density at radius 3 is 2.48 bits per heavy atom. The number of rotatable bonds is 5. The molecule has 0 aliphatic carbocycles. The third kappa shape index (κ3) is 3.92. The molecule has 25 heavy (non-hydrogen) atoms. The SMILES string of the molecule is Cc1cc(-c2nc(Nc3ccc(S(C)(=O)=O)cc3)sc2C=O)ccn1. The molecular formula is C17H15N3O3S2. The monoisotopic (exact) mass is 373 g/mol. The standard InChI is InChI=1S/C17H15N3O3S2/c1-11-9-12(7-8-18-11)16-15(10-21)24-17(20-16)19-13-3-5-14(6-4-13)25(2,22)23/h3-10H,1-2H3,(H,19,20). The minimum absolute atomic E-state index is 0.249. The molecule has 2 aromatic heterocycles. The fourth-order valence-electron chi connectivity index (χ4n) is 2.27. The number of sulfone groups is 1. The van der Waals surface area contributed by atoms with Crippen molar-refractivity contribution < 1.29 is 13.2 Å². The van der Waals surface area contributed by atoms with Crippen LogP contribution in [0.25, 0.3) is 11.3 Å². The van der Waals surface area contributed by atoms with Crippen molar-refractivity contribution in [3.63, 3.8) is 0 Å². The molecule has 6 nitrogen and oxygen atoms in total. The lowest BCUT2D eigenvalue weighted by atomic mass is 10.1. The molecule has 0 aliphatic heterocycles. The lowest BCUT2D eigenvalue weighted by Gasteiger charge is -2.03. The van der Waals surface area contributed by atoms with E-state index in [2.05, 4.69) is 15.3 Å². The molecule has 0 unspecified atom stereocenters. The van der Waals surface area contributed by atoms with Crippen LogP contribution in [-0.2, 0) is 9.84 Å². The molecule has 0 aliphatic rings. The van der Waals surface area contributed by atoms with Crippen LogP contribution in [0.15, 0.2) is 47.5 Å². The second-order valence-corrected chi connectivity index (χ2v) is 8.50. The molecule has 3 rings (SSSR count). The number of benzene rings is 1. The largest absolute Gasteiger partial charge is 0.332 e. The van der Waals surface area contributed by atoms with Gasteiger partial charge in [0, 0.05) is 29.4 Å². The number of aldehydes is 1. The maximum Gasteiger partial charge on any atom is 0.188 e. The molecule has 3 aromatic rings. The van der Waals surface area contributed by atoms with Crippen molar-refractivity contribution in [2.24, 2.45) is 0 Å². The van der Waals surface area contributed by atoms with E-state index in [1.807, 2.05) is 13.0 Å². The predicted molar refractivity (Wildman–Crippen MR) is 98.3 cm³/mol. The molecule has 128 valence electrons. The van der Waals surface area contributed by atoms with Gasteiger partial charge in [0.1, 0.15) is 0 Å². The van der Waals surface area contributed by atoms with Gasteiger partial charge in [-0.05, 0) is 43.3 Å². The highest BCUT2D eigenvalue weighted by atomic mass is 32.2. The molecule has 0 amide bonds. The molecule has 0 spiro atoms. The Bertz CT molecular complexity index is 1030. The normalized spacial score (nSPS) is 11.3. The average molecular weight is 373 g/mol. The maximum absolute atomic E-state index is 11.5. The highest BCUT2D eigenvalue weighted by molar-refractivity contribution is 7.90. The lowest BCUT2D eigenvalue weighted by molar-refractivity contribution is 0.112. The van der Waals surface area contributed by atoms with E-state index in [0.29, 0.717) is 21.4 Å². The van der Waals surface area contributed by atoms with Gasteiger partial charge in [0.15, 0.2) is 21.3 Å². The summed E-state index contributed by atoms with van der Waals surface area (Å²) in [6.07, 6.45) is 3.62. The molecule has 0 saturated heterocycles. The molecule has 2 heterocycles. The van der Waals surface area contributed by atoms with Gasteiger partial charge in [0.25, 0.3) is 0 Å². The minimum Gasteiger partial charge on any atom is -0.332 e. The van der Waals surface area contributed by atoms with Gasteiger partial charge in [0.2, 0.25) is 0 Å². The van der Waals surface area contributed by atoms with Gasteiger partial charge in [-0.25, -0.2) is 13.4 Å². The smallest absolute Gasteiger partial charge is 0.188 e. The van der Waals surface area contributed by atoms with Gasteiger partial charge in [-0.2, -0.15) is 0 Å². The first-order chi connectivity index (χ1) is 11.9. The second-order valence-electron chi connectivity index (χ2n) is 5.46. The van der Waals surface area contributed by atoms with Crippen LogP contribution >= 0.6 is 11.3 Å². The van der Waals surface area contributed by atoms with Crippen LogP contribution in [0.5, 0.6) is 0 Å². The maximum atomic E-state index is 11.5. The van der Waals surface area contributed by atoms with Crippen molar-refractivity contribution in [3.8, 4) is 11.3 Å². The van der Waals surface area contributed by atoms with E-state index in [1.165, 1.54) is 23.5 Å². The Hall–Kier alpha value is -2.58. The van der Waals surface area contributed by atoms with Crippen LogP contribution in [0, 0.1) is 6.92 Å². The summed E-state index contributed by atoms with van der Waals surface area (Å²) < 4.78 is 23.0. The number of carbonyl (C=O) groups is 1. The van der Waals surface area contributed by atoms with Gasteiger partial charge >= 0.3 is 0 Å². The lowest BCUT2D eigenvalue weighted by Crippen LogP contribution is -1.97. The van der Waals surface area contributed by atoms with E-state index in [1.54, 1.807) is 24.4 Å². The number of nitrogens with one attached hydrogen (secondary N) is 1. The zero-order valence-corrected chi connectivity index (χ0v) is 15.2. The number of hydrogen-bond donors (Lipinski definition) is 1. The van der Waals surface area contributed by atoms with Crippen molar-refractivity contribution in [3.05, 3.63) is 53.2 Å². The molecule has 0 bridgehead atoms. The number of pyridine rings is 1. The molecular weight excluding hydrogens is 358 g/mol. The Morgan fingerprint density at radius 1 is 1.16 bits per heavy atom. The summed E-state index contributed by atoms with van der Waals surface area (Å²) in [6, 6.07) is 10.0. The van der Waals surface area contributed by atoms with Crippen LogP contribution in [0.1, 0.15) is 15.4 Å². The number of hydrogen-bond acceptors (Lipinski definition) is 7. The van der Waals surface area contributed by atoms with Gasteiger partial charge in [-0.1, -0.05) is 11.3 Å². The van der Waals surface area contributed by atoms with Crippen molar-refractivity contribution in [2.75, 3.05) is 11.6 Å². The Balaban J connectivity index is 1.90. The van der Waals surface area contributed by atoms with Crippen LogP contribution in [0.4, 0.5) is 10.8 Å². The zero-order chi connectivity index (χ0) is 18.0. The van der Waals surface area contributed by atoms with E-state index < -0.39 is 9.84 Å². The third-order valence-corrected chi connectivity index (χ3v) is 5.49. The van der Waals surface area contributed by atoms with Crippen LogP contribution < -0.4 is 5.32 Å². The first-order valence-corrected chi connectivity index (χ1v) is 10.0. The first kappa shape index (κ1) is 17.2.